The minimum Gasteiger partial charge on any atom is -0.463 e. The second-order valence-electron chi connectivity index (χ2n) is 5.84. The number of carbonyl (C=O) groups is 2. The number of rotatable bonds is 8. The van der Waals surface area contributed by atoms with Crippen LogP contribution < -0.4 is 10.6 Å². The Hall–Kier alpha value is -1.96. The highest BCUT2D eigenvalue weighted by Crippen LogP contribution is 2.24. The van der Waals surface area contributed by atoms with Gasteiger partial charge in [-0.1, -0.05) is 25.1 Å². The normalized spacial score (nSPS) is 14.3. The van der Waals surface area contributed by atoms with Gasteiger partial charge in [0.1, 0.15) is 0 Å². The molecule has 2 rings (SSSR count). The van der Waals surface area contributed by atoms with Crippen LogP contribution in [0.4, 0.5) is 4.79 Å². The number of aromatic nitrogens is 2. The predicted octanol–water partition coefficient (Wildman–Crippen LogP) is 2.52. The number of hydrogen-bond donors (Lipinski definition) is 2. The van der Waals surface area contributed by atoms with Crippen molar-refractivity contribution >= 4 is 23.8 Å². The second-order valence-corrected chi connectivity index (χ2v) is 6.79. The third-order valence-electron chi connectivity index (χ3n) is 4.08. The lowest BCUT2D eigenvalue weighted by molar-refractivity contribution is -0.138. The topological polar surface area (TPSA) is 85.2 Å². The van der Waals surface area contributed by atoms with Gasteiger partial charge in [-0.25, -0.2) is 14.6 Å². The van der Waals surface area contributed by atoms with Crippen molar-refractivity contribution in [3.8, 4) is 0 Å². The Bertz CT molecular complexity index is 682. The van der Waals surface area contributed by atoms with Crippen molar-refractivity contribution < 1.29 is 14.3 Å². The van der Waals surface area contributed by atoms with Gasteiger partial charge in [0.05, 0.1) is 24.4 Å². The lowest BCUT2D eigenvalue weighted by atomic mass is 10.2. The van der Waals surface area contributed by atoms with Gasteiger partial charge in [-0.15, -0.1) is 0 Å². The number of urea groups is 1. The van der Waals surface area contributed by atoms with Gasteiger partial charge in [0, 0.05) is 23.7 Å². The highest BCUT2D eigenvalue weighted by Gasteiger charge is 2.24. The maximum Gasteiger partial charge on any atom is 0.337 e. The zero-order valence-corrected chi connectivity index (χ0v) is 16.1. The zero-order valence-electron chi connectivity index (χ0n) is 15.3. The highest BCUT2D eigenvalue weighted by atomic mass is 32.2. The lowest BCUT2D eigenvalue weighted by Crippen LogP contribution is -2.44. The van der Waals surface area contributed by atoms with Crippen LogP contribution in [0.25, 0.3) is 0 Å². The average molecular weight is 366 g/mol. The Morgan fingerprint density at radius 1 is 1.36 bits per heavy atom. The van der Waals surface area contributed by atoms with Gasteiger partial charge in [0.15, 0.2) is 5.16 Å². The molecule has 0 unspecified atom stereocenters. The number of nitrogens with one attached hydrogen (secondary N) is 2. The number of amides is 2. The Balaban J connectivity index is 2.18. The van der Waals surface area contributed by atoms with Crippen molar-refractivity contribution in [2.75, 3.05) is 18.9 Å². The molecule has 0 radical (unpaired) electrons. The second kappa shape index (κ2) is 8.94. The molecule has 1 aliphatic heterocycles. The van der Waals surface area contributed by atoms with Crippen molar-refractivity contribution in [1.82, 2.24) is 20.2 Å². The maximum absolute atomic E-state index is 12.1. The third kappa shape index (κ3) is 4.78. The number of aryl methyl sites for hydroxylation is 1. The van der Waals surface area contributed by atoms with E-state index in [2.05, 4.69) is 34.0 Å². The summed E-state index contributed by atoms with van der Waals surface area (Å²) in [5, 5.41) is 6.25. The monoisotopic (exact) mass is 366 g/mol. The van der Waals surface area contributed by atoms with Crippen molar-refractivity contribution in [1.29, 1.82) is 0 Å². The molecule has 0 fully saturated rings. The summed E-state index contributed by atoms with van der Waals surface area (Å²) in [7, 11) is 0. The highest BCUT2D eigenvalue weighted by molar-refractivity contribution is 7.99. The minimum atomic E-state index is -0.396. The van der Waals surface area contributed by atoms with E-state index in [0.29, 0.717) is 23.6 Å². The van der Waals surface area contributed by atoms with E-state index in [-0.39, 0.29) is 12.6 Å². The van der Waals surface area contributed by atoms with Gasteiger partial charge in [-0.05, 0) is 27.2 Å². The van der Waals surface area contributed by atoms with Crippen LogP contribution in [0.5, 0.6) is 0 Å². The first kappa shape index (κ1) is 19.4. The Kier molecular flexibility index (Phi) is 6.92. The molecule has 2 N–H and O–H groups in total. The van der Waals surface area contributed by atoms with Crippen LogP contribution in [0.3, 0.4) is 0 Å². The van der Waals surface area contributed by atoms with Crippen LogP contribution in [0.1, 0.15) is 38.1 Å². The van der Waals surface area contributed by atoms with Gasteiger partial charge in [-0.2, -0.15) is 0 Å². The number of thioether (sulfide) groups is 1. The summed E-state index contributed by atoms with van der Waals surface area (Å²) in [5.74, 6) is 0.0659. The number of unbranched alkanes of at least 4 members (excludes halogenated alkanes) is 1. The van der Waals surface area contributed by atoms with Crippen LogP contribution in [0, 0.1) is 13.8 Å². The molecule has 2 heterocycles. The van der Waals surface area contributed by atoms with E-state index in [9.17, 15) is 9.59 Å². The molecule has 7 nitrogen and oxygen atoms in total. The van der Waals surface area contributed by atoms with Gasteiger partial charge in [0.25, 0.3) is 0 Å². The molecule has 0 spiro atoms. The van der Waals surface area contributed by atoms with Crippen LogP contribution in [-0.4, -0.2) is 40.5 Å². The lowest BCUT2D eigenvalue weighted by Gasteiger charge is -2.21. The summed E-state index contributed by atoms with van der Waals surface area (Å²) in [6, 6.07) is -0.301. The van der Waals surface area contributed by atoms with Crippen molar-refractivity contribution in [2.45, 2.75) is 52.2 Å². The van der Waals surface area contributed by atoms with Crippen molar-refractivity contribution in [3.05, 3.63) is 22.7 Å². The van der Waals surface area contributed by atoms with E-state index in [1.807, 2.05) is 6.92 Å². The molecule has 1 aromatic rings. The Labute approximate surface area is 152 Å². The van der Waals surface area contributed by atoms with E-state index in [1.54, 1.807) is 6.92 Å². The first-order chi connectivity index (χ1) is 12.0. The fraction of sp³-hybridized carbons (Fsp3) is 0.588. The standard InChI is InChI=1S/C17H26N4O3S/c1-5-7-8-21-12(4)11(3)19-17(21)25-10-14-13(15(22)24-6-2)9-18-16(23)20-14/h5-10H2,1-4H3,(H2,18,20,23). The molecular weight excluding hydrogens is 340 g/mol. The number of esters is 1. The van der Waals surface area contributed by atoms with E-state index >= 15 is 0 Å². The summed E-state index contributed by atoms with van der Waals surface area (Å²) in [4.78, 5) is 28.4. The van der Waals surface area contributed by atoms with Gasteiger partial charge < -0.3 is 19.9 Å². The Morgan fingerprint density at radius 2 is 2.12 bits per heavy atom. The molecule has 138 valence electrons. The molecular formula is C17H26N4O3S. The van der Waals surface area contributed by atoms with Gasteiger partial charge >= 0.3 is 12.0 Å². The molecule has 0 bridgehead atoms. The van der Waals surface area contributed by atoms with E-state index in [1.165, 1.54) is 11.8 Å². The van der Waals surface area contributed by atoms with E-state index < -0.39 is 5.97 Å². The molecule has 0 saturated carbocycles. The molecule has 2 amide bonds. The molecule has 0 atom stereocenters. The summed E-state index contributed by atoms with van der Waals surface area (Å²) in [6.07, 6.45) is 2.20. The Morgan fingerprint density at radius 3 is 2.80 bits per heavy atom. The number of nitrogens with zero attached hydrogens (tertiary/aromatic N) is 2. The van der Waals surface area contributed by atoms with Crippen molar-refractivity contribution in [3.63, 3.8) is 0 Å². The molecule has 0 aliphatic carbocycles. The smallest absolute Gasteiger partial charge is 0.337 e. The first-order valence-electron chi connectivity index (χ1n) is 8.58. The molecule has 25 heavy (non-hydrogen) atoms. The van der Waals surface area contributed by atoms with Crippen LogP contribution in [-0.2, 0) is 16.1 Å². The first-order valence-corrected chi connectivity index (χ1v) is 9.56. The quantitative estimate of drug-likeness (QED) is 0.545. The fourth-order valence-corrected chi connectivity index (χ4v) is 3.62. The van der Waals surface area contributed by atoms with Crippen molar-refractivity contribution in [2.24, 2.45) is 0 Å². The van der Waals surface area contributed by atoms with E-state index in [4.69, 9.17) is 4.74 Å². The number of ether oxygens (including phenoxy) is 1. The molecule has 8 heteroatoms. The molecule has 1 aromatic heterocycles. The summed E-state index contributed by atoms with van der Waals surface area (Å²) < 4.78 is 7.29. The number of imidazole rings is 1. The summed E-state index contributed by atoms with van der Waals surface area (Å²) in [6.45, 7) is 9.39. The SMILES string of the molecule is CCCCn1c(SCC2=C(C(=O)OCC)CNC(=O)N2)nc(C)c1C. The van der Waals surface area contributed by atoms with Crippen LogP contribution in [0.2, 0.25) is 0 Å². The largest absolute Gasteiger partial charge is 0.463 e. The molecule has 1 aliphatic rings. The third-order valence-corrected chi connectivity index (χ3v) is 5.08. The molecule has 0 saturated heterocycles. The van der Waals surface area contributed by atoms with Gasteiger partial charge in [0.2, 0.25) is 0 Å². The number of hydrogen-bond acceptors (Lipinski definition) is 5. The molecule has 0 aromatic carbocycles. The maximum atomic E-state index is 12.1. The van der Waals surface area contributed by atoms with Crippen LogP contribution >= 0.6 is 11.8 Å². The number of carbonyl (C=O) groups excluding carboxylic acids is 2. The predicted molar refractivity (Wildman–Crippen MR) is 97.5 cm³/mol. The average Bonchev–Trinajstić information content (AvgIpc) is 2.85. The fourth-order valence-electron chi connectivity index (χ4n) is 2.52. The van der Waals surface area contributed by atoms with Gasteiger partial charge in [-0.3, -0.25) is 0 Å². The summed E-state index contributed by atoms with van der Waals surface area (Å²) >= 11 is 1.52. The minimum absolute atomic E-state index is 0.183. The van der Waals surface area contributed by atoms with E-state index in [0.717, 1.165) is 35.9 Å². The summed E-state index contributed by atoms with van der Waals surface area (Å²) in [5.41, 5.74) is 3.22. The van der Waals surface area contributed by atoms with Crippen LogP contribution in [0.15, 0.2) is 16.4 Å². The zero-order chi connectivity index (χ0) is 18.4.